The monoisotopic (exact) mass is 264 g/mol. The molecule has 1 amide bonds. The molecule has 1 aromatic rings. The average Bonchev–Trinajstić information content (AvgIpc) is 2.36. The van der Waals surface area contributed by atoms with Gasteiger partial charge in [0.2, 0.25) is 5.91 Å². The summed E-state index contributed by atoms with van der Waals surface area (Å²) in [6.45, 7) is 4.47. The van der Waals surface area contributed by atoms with Crippen molar-refractivity contribution in [3.05, 3.63) is 28.2 Å². The van der Waals surface area contributed by atoms with E-state index in [2.05, 4.69) is 5.32 Å². The lowest BCUT2D eigenvalue weighted by Gasteiger charge is -2.28. The van der Waals surface area contributed by atoms with Crippen LogP contribution in [0.1, 0.15) is 25.3 Å². The van der Waals surface area contributed by atoms with Crippen LogP contribution in [-0.2, 0) is 16.6 Å². The quantitative estimate of drug-likeness (QED) is 0.879. The minimum Gasteiger partial charge on any atom is -0.378 e. The van der Waals surface area contributed by atoms with Crippen LogP contribution in [0, 0.1) is 12.8 Å². The molecule has 0 saturated carbocycles. The van der Waals surface area contributed by atoms with E-state index in [1.807, 2.05) is 13.8 Å². The summed E-state index contributed by atoms with van der Waals surface area (Å²) in [5, 5.41) is 2.90. The molecule has 0 radical (unpaired) electrons. The lowest BCUT2D eigenvalue weighted by atomic mass is 9.94. The van der Waals surface area contributed by atoms with E-state index in [1.54, 1.807) is 13.2 Å². The number of nitrogens with zero attached hydrogens (tertiary/aromatic N) is 1. The minimum absolute atomic E-state index is 0.0334. The topological polar surface area (TPSA) is 60.3 Å². The molecule has 1 aromatic heterocycles. The van der Waals surface area contributed by atoms with E-state index < -0.39 is 0 Å². The number of hydrogen-bond donors (Lipinski definition) is 1. The summed E-state index contributed by atoms with van der Waals surface area (Å²) in [7, 11) is 1.67. The highest BCUT2D eigenvalue weighted by molar-refractivity contribution is 5.93. The molecule has 1 N–H and O–H groups in total. The third kappa shape index (κ3) is 3.04. The van der Waals surface area contributed by atoms with Crippen LogP contribution in [0.4, 0.5) is 5.69 Å². The van der Waals surface area contributed by atoms with Crippen LogP contribution < -0.4 is 10.9 Å². The highest BCUT2D eigenvalue weighted by Crippen LogP contribution is 2.22. The number of rotatable bonds is 2. The Morgan fingerprint density at radius 3 is 2.95 bits per heavy atom. The summed E-state index contributed by atoms with van der Waals surface area (Å²) >= 11 is 0. The van der Waals surface area contributed by atoms with E-state index in [0.717, 1.165) is 25.0 Å². The molecule has 1 fully saturated rings. The Morgan fingerprint density at radius 2 is 2.26 bits per heavy atom. The number of aromatic nitrogens is 1. The molecule has 2 atom stereocenters. The number of amides is 1. The van der Waals surface area contributed by atoms with E-state index >= 15 is 0 Å². The first-order valence-electron chi connectivity index (χ1n) is 6.59. The van der Waals surface area contributed by atoms with E-state index in [0.29, 0.717) is 5.69 Å². The Morgan fingerprint density at radius 1 is 1.53 bits per heavy atom. The van der Waals surface area contributed by atoms with Gasteiger partial charge >= 0.3 is 0 Å². The van der Waals surface area contributed by atoms with Gasteiger partial charge in [-0.15, -0.1) is 0 Å². The summed E-state index contributed by atoms with van der Waals surface area (Å²) in [5.74, 6) is -0.153. The molecule has 5 nitrogen and oxygen atoms in total. The van der Waals surface area contributed by atoms with Crippen molar-refractivity contribution in [2.45, 2.75) is 32.8 Å². The van der Waals surface area contributed by atoms with Crippen molar-refractivity contribution >= 4 is 11.6 Å². The van der Waals surface area contributed by atoms with E-state index in [1.165, 1.54) is 10.6 Å². The van der Waals surface area contributed by atoms with E-state index in [4.69, 9.17) is 4.74 Å². The van der Waals surface area contributed by atoms with Gasteiger partial charge in [0, 0.05) is 25.9 Å². The fourth-order valence-electron chi connectivity index (χ4n) is 2.35. The van der Waals surface area contributed by atoms with Crippen LogP contribution in [-0.4, -0.2) is 23.2 Å². The van der Waals surface area contributed by atoms with Crippen molar-refractivity contribution in [2.24, 2.45) is 13.0 Å². The predicted molar refractivity (Wildman–Crippen MR) is 73.2 cm³/mol. The van der Waals surface area contributed by atoms with Crippen LogP contribution in [0.15, 0.2) is 17.1 Å². The van der Waals surface area contributed by atoms with Crippen molar-refractivity contribution in [1.82, 2.24) is 4.57 Å². The largest absolute Gasteiger partial charge is 0.378 e. The summed E-state index contributed by atoms with van der Waals surface area (Å²) in [5.41, 5.74) is 1.38. The maximum absolute atomic E-state index is 12.2. The second-order valence-electron chi connectivity index (χ2n) is 5.13. The zero-order chi connectivity index (χ0) is 14.0. The summed E-state index contributed by atoms with van der Waals surface area (Å²) in [6.07, 6.45) is 3.36. The van der Waals surface area contributed by atoms with Crippen LogP contribution in [0.3, 0.4) is 0 Å². The Kier molecular flexibility index (Phi) is 4.04. The van der Waals surface area contributed by atoms with Gasteiger partial charge in [-0.25, -0.2) is 0 Å². The third-order valence-electron chi connectivity index (χ3n) is 3.64. The van der Waals surface area contributed by atoms with Crippen molar-refractivity contribution in [3.8, 4) is 0 Å². The number of nitrogens with one attached hydrogen (secondary N) is 1. The Hall–Kier alpha value is -1.62. The molecule has 2 rings (SSSR count). The molecule has 1 aliphatic heterocycles. The molecule has 104 valence electrons. The van der Waals surface area contributed by atoms with Crippen molar-refractivity contribution < 1.29 is 9.53 Å². The molecular weight excluding hydrogens is 244 g/mol. The van der Waals surface area contributed by atoms with E-state index in [9.17, 15) is 9.59 Å². The second kappa shape index (κ2) is 5.57. The van der Waals surface area contributed by atoms with Crippen molar-refractivity contribution in [1.29, 1.82) is 0 Å². The van der Waals surface area contributed by atoms with Crippen molar-refractivity contribution in [3.63, 3.8) is 0 Å². The third-order valence-corrected chi connectivity index (χ3v) is 3.64. The van der Waals surface area contributed by atoms with Gasteiger partial charge in [-0.2, -0.15) is 0 Å². The molecular formula is C14H20N2O3. The zero-order valence-electron chi connectivity index (χ0n) is 11.6. The first-order chi connectivity index (χ1) is 8.99. The number of aryl methyl sites for hydroxylation is 2. The molecule has 19 heavy (non-hydrogen) atoms. The maximum Gasteiger partial charge on any atom is 0.250 e. The summed E-state index contributed by atoms with van der Waals surface area (Å²) < 4.78 is 6.97. The molecule has 0 aromatic carbocycles. The van der Waals surface area contributed by atoms with Crippen LogP contribution in [0.2, 0.25) is 0 Å². The number of hydrogen-bond acceptors (Lipinski definition) is 3. The lowest BCUT2D eigenvalue weighted by Crippen LogP contribution is -2.36. The SMILES string of the molecule is Cc1cc(=O)n(C)cc1NC(=O)[C@H]1CCCO[C@H]1C. The zero-order valence-corrected chi connectivity index (χ0v) is 11.6. The molecule has 2 heterocycles. The minimum atomic E-state index is -0.120. The Balaban J connectivity index is 2.14. The lowest BCUT2D eigenvalue weighted by molar-refractivity contribution is -0.127. The van der Waals surface area contributed by atoms with Crippen LogP contribution >= 0.6 is 0 Å². The molecule has 0 unspecified atom stereocenters. The molecule has 1 aliphatic rings. The maximum atomic E-state index is 12.2. The fourth-order valence-corrected chi connectivity index (χ4v) is 2.35. The molecule has 0 spiro atoms. The first kappa shape index (κ1) is 13.8. The van der Waals surface area contributed by atoms with Gasteiger partial charge in [0.1, 0.15) is 0 Å². The Bertz CT molecular complexity index is 536. The van der Waals surface area contributed by atoms with Gasteiger partial charge in [-0.05, 0) is 32.3 Å². The van der Waals surface area contributed by atoms with Gasteiger partial charge < -0.3 is 14.6 Å². The summed E-state index contributed by atoms with van der Waals surface area (Å²) in [4.78, 5) is 23.7. The van der Waals surface area contributed by atoms with Gasteiger partial charge in [-0.3, -0.25) is 9.59 Å². The molecule has 1 saturated heterocycles. The van der Waals surface area contributed by atoms with Gasteiger partial charge in [-0.1, -0.05) is 0 Å². The second-order valence-corrected chi connectivity index (χ2v) is 5.13. The number of anilines is 1. The highest BCUT2D eigenvalue weighted by atomic mass is 16.5. The molecule has 0 bridgehead atoms. The summed E-state index contributed by atoms with van der Waals surface area (Å²) in [6, 6.07) is 1.52. The molecule has 5 heteroatoms. The van der Waals surface area contributed by atoms with Crippen molar-refractivity contribution in [2.75, 3.05) is 11.9 Å². The van der Waals surface area contributed by atoms with Gasteiger partial charge in [0.15, 0.2) is 0 Å². The number of ether oxygens (including phenoxy) is 1. The standard InChI is InChI=1S/C14H20N2O3/c1-9-7-13(17)16(3)8-12(9)15-14(18)11-5-4-6-19-10(11)2/h7-8,10-11H,4-6H2,1-3H3,(H,15,18)/t10-,11-/m0/s1. The first-order valence-corrected chi connectivity index (χ1v) is 6.59. The Labute approximate surface area is 112 Å². The smallest absolute Gasteiger partial charge is 0.250 e. The van der Waals surface area contributed by atoms with Gasteiger partial charge in [0.05, 0.1) is 17.7 Å². The normalized spacial score (nSPS) is 23.1. The van der Waals surface area contributed by atoms with E-state index in [-0.39, 0.29) is 23.5 Å². The number of carbonyl (C=O) groups is 1. The van der Waals surface area contributed by atoms with Gasteiger partial charge in [0.25, 0.3) is 5.56 Å². The molecule has 0 aliphatic carbocycles. The van der Waals surface area contributed by atoms with Crippen LogP contribution in [0.5, 0.6) is 0 Å². The average molecular weight is 264 g/mol. The fraction of sp³-hybridized carbons (Fsp3) is 0.571. The highest BCUT2D eigenvalue weighted by Gasteiger charge is 2.28. The predicted octanol–water partition coefficient (Wildman–Crippen LogP) is 1.45. The number of carbonyl (C=O) groups excluding carboxylic acids is 1. The van der Waals surface area contributed by atoms with Crippen LogP contribution in [0.25, 0.3) is 0 Å². The number of pyridine rings is 1.